The lowest BCUT2D eigenvalue weighted by atomic mass is 10.1. The molecule has 0 aromatic rings. The van der Waals surface area contributed by atoms with Gasteiger partial charge in [0, 0.05) is 19.3 Å². The van der Waals surface area contributed by atoms with E-state index >= 15 is 0 Å². The Bertz CT molecular complexity index is 1560. The monoisotopic (exact) mass is 995 g/mol. The molecule has 1 atom stereocenters. The summed E-state index contributed by atoms with van der Waals surface area (Å²) in [6.45, 7) is 6.31. The van der Waals surface area contributed by atoms with Crippen LogP contribution < -0.4 is 0 Å². The molecule has 0 aliphatic carbocycles. The summed E-state index contributed by atoms with van der Waals surface area (Å²) < 4.78 is 16.8. The molecule has 0 saturated carbocycles. The minimum Gasteiger partial charge on any atom is -0.462 e. The molecule has 6 nitrogen and oxygen atoms in total. The molecule has 0 heterocycles. The summed E-state index contributed by atoms with van der Waals surface area (Å²) in [4.78, 5) is 38.1. The highest BCUT2D eigenvalue weighted by Gasteiger charge is 2.19. The van der Waals surface area contributed by atoms with Gasteiger partial charge in [-0.1, -0.05) is 238 Å². The third-order valence-corrected chi connectivity index (χ3v) is 11.9. The van der Waals surface area contributed by atoms with Crippen molar-refractivity contribution >= 4 is 17.9 Å². The number of allylic oxidation sites excluding steroid dienone is 22. The first-order chi connectivity index (χ1) is 35.5. The highest BCUT2D eigenvalue weighted by Crippen LogP contribution is 2.14. The minimum absolute atomic E-state index is 0.113. The zero-order chi connectivity index (χ0) is 52.2. The van der Waals surface area contributed by atoms with Crippen molar-refractivity contribution in [2.45, 2.75) is 252 Å². The van der Waals surface area contributed by atoms with E-state index < -0.39 is 6.10 Å². The van der Waals surface area contributed by atoms with Crippen LogP contribution in [0.2, 0.25) is 0 Å². The summed E-state index contributed by atoms with van der Waals surface area (Å²) in [5, 5.41) is 0. The molecule has 0 amide bonds. The third kappa shape index (κ3) is 56.5. The number of ether oxygens (including phenoxy) is 3. The number of carbonyl (C=O) groups excluding carboxylic acids is 3. The van der Waals surface area contributed by atoms with Crippen LogP contribution in [0.15, 0.2) is 134 Å². The normalized spacial score (nSPS) is 13.1. The molecule has 0 rings (SSSR count). The van der Waals surface area contributed by atoms with E-state index in [0.29, 0.717) is 19.3 Å². The number of esters is 3. The fraction of sp³-hybridized carbons (Fsp3) is 0.621. The molecule has 0 fully saturated rings. The van der Waals surface area contributed by atoms with Gasteiger partial charge in [0.1, 0.15) is 13.2 Å². The van der Waals surface area contributed by atoms with Crippen molar-refractivity contribution < 1.29 is 28.6 Å². The summed E-state index contributed by atoms with van der Waals surface area (Å²) in [6.07, 6.45) is 83.1. The van der Waals surface area contributed by atoms with Gasteiger partial charge in [0.15, 0.2) is 6.10 Å². The Morgan fingerprint density at radius 1 is 0.292 bits per heavy atom. The SMILES string of the molecule is CC/C=C\C/C=C\C/C=C\C/C=C\C/C=C\CCCCCCCCCC(=O)OCC(COC(=O)CC/C=C\C/C=C\C/C=C\C/C=C\CC)OC(=O)CCCCCCCCC/C=C\C/C=C\CCCCCC. The molecule has 1 unspecified atom stereocenters. The maximum atomic E-state index is 12.9. The Hall–Kier alpha value is -4.45. The number of hydrogen-bond donors (Lipinski definition) is 0. The lowest BCUT2D eigenvalue weighted by Crippen LogP contribution is -2.30. The summed E-state index contributed by atoms with van der Waals surface area (Å²) in [7, 11) is 0. The molecule has 0 aromatic heterocycles. The van der Waals surface area contributed by atoms with Crippen molar-refractivity contribution in [3.63, 3.8) is 0 Å². The minimum atomic E-state index is -0.821. The number of unbranched alkanes of at least 4 members (excludes halogenated alkanes) is 18. The Balaban J connectivity index is 4.46. The first kappa shape index (κ1) is 67.5. The summed E-state index contributed by atoms with van der Waals surface area (Å²) in [5.74, 6) is -1.02. The van der Waals surface area contributed by atoms with E-state index in [9.17, 15) is 14.4 Å². The highest BCUT2D eigenvalue weighted by atomic mass is 16.6. The Morgan fingerprint density at radius 2 is 0.569 bits per heavy atom. The average Bonchev–Trinajstić information content (AvgIpc) is 3.38. The first-order valence-electron chi connectivity index (χ1n) is 29.2. The summed E-state index contributed by atoms with van der Waals surface area (Å²) in [5.41, 5.74) is 0. The van der Waals surface area contributed by atoms with Gasteiger partial charge in [0.05, 0.1) is 0 Å². The molecular weight excluding hydrogens is 889 g/mol. The molecule has 0 radical (unpaired) electrons. The highest BCUT2D eigenvalue weighted by molar-refractivity contribution is 5.71. The van der Waals surface area contributed by atoms with Gasteiger partial charge in [-0.05, 0) is 122 Å². The lowest BCUT2D eigenvalue weighted by molar-refractivity contribution is -0.166. The number of hydrogen-bond acceptors (Lipinski definition) is 6. The topological polar surface area (TPSA) is 78.9 Å². The molecule has 0 N–H and O–H groups in total. The van der Waals surface area contributed by atoms with Gasteiger partial charge in [0.2, 0.25) is 0 Å². The second-order valence-corrected chi connectivity index (χ2v) is 18.8. The van der Waals surface area contributed by atoms with Gasteiger partial charge in [0.25, 0.3) is 0 Å². The van der Waals surface area contributed by atoms with Crippen LogP contribution in [0.5, 0.6) is 0 Å². The number of carbonyl (C=O) groups is 3. The second-order valence-electron chi connectivity index (χ2n) is 18.8. The molecule has 72 heavy (non-hydrogen) atoms. The first-order valence-corrected chi connectivity index (χ1v) is 29.2. The summed E-state index contributed by atoms with van der Waals surface area (Å²) >= 11 is 0. The molecule has 0 bridgehead atoms. The molecule has 406 valence electrons. The van der Waals surface area contributed by atoms with Gasteiger partial charge in [-0.2, -0.15) is 0 Å². The van der Waals surface area contributed by atoms with Crippen molar-refractivity contribution in [2.75, 3.05) is 13.2 Å². The van der Waals surface area contributed by atoms with E-state index in [1.165, 1.54) is 83.5 Å². The van der Waals surface area contributed by atoms with Crippen LogP contribution in [-0.2, 0) is 28.6 Å². The molecule has 0 aliphatic rings. The van der Waals surface area contributed by atoms with Gasteiger partial charge in [-0.3, -0.25) is 14.4 Å². The molecular formula is C66H106O6. The zero-order valence-electron chi connectivity index (χ0n) is 46.4. The van der Waals surface area contributed by atoms with Gasteiger partial charge >= 0.3 is 17.9 Å². The fourth-order valence-corrected chi connectivity index (χ4v) is 7.57. The second kappa shape index (κ2) is 59.1. The predicted molar refractivity (Wildman–Crippen MR) is 311 cm³/mol. The van der Waals surface area contributed by atoms with Crippen molar-refractivity contribution in [3.05, 3.63) is 134 Å². The standard InChI is InChI=1S/C66H106O6/c1-4-7-10-13-16-19-22-25-27-29-31-32-33-34-35-37-38-41-44-47-50-53-56-59-65(68)71-62-63(61-70-64(67)58-55-52-49-46-43-40-24-21-18-15-12-9-6-3)72-66(69)60-57-54-51-48-45-42-39-36-30-28-26-23-20-17-14-11-8-5-2/h7,9-10,12,16,18-21,23,25,27-28,30-32,34-35,40,43,49,52,63H,4-6,8,11,13-15,17,22,24,26,29,33,36-39,41-42,44-48,50-51,53-62H2,1-3H3/b10-7-,12-9-,19-16-,21-18-,23-20-,27-25-,30-28-,32-31-,35-34-,43-40-,52-49-. The van der Waals surface area contributed by atoms with E-state index in [0.717, 1.165) is 116 Å². The zero-order valence-corrected chi connectivity index (χ0v) is 46.4. The molecule has 0 spiro atoms. The Morgan fingerprint density at radius 3 is 0.931 bits per heavy atom. The summed E-state index contributed by atoms with van der Waals surface area (Å²) in [6, 6.07) is 0. The van der Waals surface area contributed by atoms with Gasteiger partial charge < -0.3 is 14.2 Å². The molecule has 0 saturated heterocycles. The van der Waals surface area contributed by atoms with E-state index in [-0.39, 0.29) is 37.5 Å². The van der Waals surface area contributed by atoms with E-state index in [1.807, 2.05) is 12.2 Å². The number of rotatable bonds is 51. The van der Waals surface area contributed by atoms with Crippen molar-refractivity contribution in [1.29, 1.82) is 0 Å². The maximum Gasteiger partial charge on any atom is 0.306 e. The van der Waals surface area contributed by atoms with E-state index in [2.05, 4.69) is 142 Å². The van der Waals surface area contributed by atoms with Crippen LogP contribution in [0.1, 0.15) is 245 Å². The van der Waals surface area contributed by atoms with E-state index in [4.69, 9.17) is 14.2 Å². The molecule has 0 aromatic carbocycles. The van der Waals surface area contributed by atoms with Crippen LogP contribution in [-0.4, -0.2) is 37.2 Å². The Labute approximate surface area is 443 Å². The molecule has 0 aliphatic heterocycles. The van der Waals surface area contributed by atoms with Crippen LogP contribution >= 0.6 is 0 Å². The van der Waals surface area contributed by atoms with Crippen molar-refractivity contribution in [1.82, 2.24) is 0 Å². The van der Waals surface area contributed by atoms with Crippen LogP contribution in [0, 0.1) is 0 Å². The van der Waals surface area contributed by atoms with Gasteiger partial charge in [-0.15, -0.1) is 0 Å². The molecule has 6 heteroatoms. The largest absolute Gasteiger partial charge is 0.462 e. The Kier molecular flexibility index (Phi) is 55.5. The van der Waals surface area contributed by atoms with E-state index in [1.54, 1.807) is 0 Å². The fourth-order valence-electron chi connectivity index (χ4n) is 7.57. The average molecular weight is 996 g/mol. The predicted octanol–water partition coefficient (Wildman–Crippen LogP) is 19.8. The maximum absolute atomic E-state index is 12.9. The van der Waals surface area contributed by atoms with Crippen LogP contribution in [0.25, 0.3) is 0 Å². The third-order valence-electron chi connectivity index (χ3n) is 11.9. The lowest BCUT2D eigenvalue weighted by Gasteiger charge is -2.18. The van der Waals surface area contributed by atoms with Crippen LogP contribution in [0.3, 0.4) is 0 Å². The quantitative estimate of drug-likeness (QED) is 0.0261. The van der Waals surface area contributed by atoms with Crippen molar-refractivity contribution in [3.8, 4) is 0 Å². The van der Waals surface area contributed by atoms with Gasteiger partial charge in [-0.25, -0.2) is 0 Å². The smallest absolute Gasteiger partial charge is 0.306 e. The van der Waals surface area contributed by atoms with Crippen molar-refractivity contribution in [2.24, 2.45) is 0 Å². The van der Waals surface area contributed by atoms with Crippen LogP contribution in [0.4, 0.5) is 0 Å².